The Labute approximate surface area is 186 Å². The summed E-state index contributed by atoms with van der Waals surface area (Å²) < 4.78 is 8.88. The molecule has 5 heterocycles. The smallest absolute Gasteiger partial charge is 0.345 e. The summed E-state index contributed by atoms with van der Waals surface area (Å²) in [5.74, 6) is 0. The zero-order valence-electron chi connectivity index (χ0n) is 19.0. The van der Waals surface area contributed by atoms with Crippen molar-refractivity contribution in [2.45, 2.75) is 39.3 Å². The first-order chi connectivity index (χ1) is 15.3. The molecule has 1 aromatic carbocycles. The van der Waals surface area contributed by atoms with Gasteiger partial charge in [0.15, 0.2) is 5.65 Å². The summed E-state index contributed by atoms with van der Waals surface area (Å²) in [6.45, 7) is 9.59. The number of aryl methyl sites for hydroxylation is 2. The molecule has 2 aliphatic heterocycles. The van der Waals surface area contributed by atoms with E-state index in [2.05, 4.69) is 41.0 Å². The molecule has 7 heteroatoms. The minimum absolute atomic E-state index is 0.362. The fourth-order valence-corrected chi connectivity index (χ4v) is 5.74. The maximum atomic E-state index is 12.9. The predicted octanol–water partition coefficient (Wildman–Crippen LogP) is 3.55. The Morgan fingerprint density at radius 2 is 2.03 bits per heavy atom. The van der Waals surface area contributed by atoms with E-state index in [0.717, 1.165) is 34.7 Å². The third-order valence-electron chi connectivity index (χ3n) is 7.68. The zero-order chi connectivity index (χ0) is 22.2. The van der Waals surface area contributed by atoms with E-state index >= 15 is 0 Å². The van der Waals surface area contributed by atoms with Crippen molar-refractivity contribution in [1.82, 2.24) is 14.4 Å². The van der Waals surface area contributed by atoms with Crippen molar-refractivity contribution in [3.05, 3.63) is 58.5 Å². The maximum Gasteiger partial charge on any atom is 0.345 e. The average molecular weight is 431 g/mol. The van der Waals surface area contributed by atoms with Gasteiger partial charge in [0.1, 0.15) is 11.6 Å². The molecule has 2 saturated heterocycles. The Hall–Kier alpha value is -3.19. The van der Waals surface area contributed by atoms with Crippen LogP contribution in [0.15, 0.2) is 45.9 Å². The molecule has 0 aliphatic carbocycles. The zero-order valence-corrected chi connectivity index (χ0v) is 19.0. The topological polar surface area (TPSA) is 63.6 Å². The van der Waals surface area contributed by atoms with Crippen LogP contribution in [0.4, 0.5) is 5.69 Å². The van der Waals surface area contributed by atoms with Gasteiger partial charge in [-0.2, -0.15) is 0 Å². The molecule has 2 bridgehead atoms. The number of rotatable bonds is 3. The molecule has 0 saturated carbocycles. The highest BCUT2D eigenvalue weighted by Gasteiger charge is 2.51. The van der Waals surface area contributed by atoms with E-state index in [1.807, 2.05) is 42.8 Å². The van der Waals surface area contributed by atoms with Gasteiger partial charge in [-0.25, -0.2) is 9.78 Å². The van der Waals surface area contributed by atoms with Crippen LogP contribution in [-0.2, 0) is 0 Å². The summed E-state index contributed by atoms with van der Waals surface area (Å²) in [7, 11) is 2.38. The van der Waals surface area contributed by atoms with Crippen LogP contribution in [0.5, 0.6) is 0 Å². The molecule has 2 aliphatic rings. The molecular weight excluding hydrogens is 402 g/mol. The molecule has 7 nitrogen and oxygen atoms in total. The lowest BCUT2D eigenvalue weighted by Gasteiger charge is -2.41. The van der Waals surface area contributed by atoms with Crippen molar-refractivity contribution in [3.63, 3.8) is 0 Å². The summed E-state index contributed by atoms with van der Waals surface area (Å²) in [6, 6.07) is 9.38. The summed E-state index contributed by atoms with van der Waals surface area (Å²) in [5.41, 5.74) is 4.99. The first kappa shape index (κ1) is 19.5. The molecule has 3 unspecified atom stereocenters. The number of quaternary nitrogens is 1. The van der Waals surface area contributed by atoms with Gasteiger partial charge in [-0.1, -0.05) is 0 Å². The number of nitrogens with zero attached hydrogens (tertiary/aromatic N) is 5. The van der Waals surface area contributed by atoms with Crippen LogP contribution in [0.3, 0.4) is 0 Å². The van der Waals surface area contributed by atoms with Gasteiger partial charge in [-0.3, -0.25) is 4.98 Å². The monoisotopic (exact) mass is 430 g/mol. The van der Waals surface area contributed by atoms with Crippen molar-refractivity contribution >= 4 is 22.3 Å². The SMILES string of the molecule is CC[N+]1(C)CC2CC1CN2c1ccc2cc(-c3cn4cc(C)nc(C)c4n3)c(=O)oc2c1. The number of fused-ring (bicyclic) bond motifs is 4. The number of benzene rings is 1. The van der Waals surface area contributed by atoms with Gasteiger partial charge >= 0.3 is 5.63 Å². The standard InChI is InChI=1S/C25H28N5O2/c1-5-30(4)14-19-9-20(30)12-29(19)18-7-6-17-8-21(25(31)32-23(17)10-18)22-13-28-11-15(2)26-16(3)24(28)27-22/h6-8,10-11,13,19-20H,5,9,12,14H2,1-4H3/q+1. The van der Waals surface area contributed by atoms with Gasteiger partial charge in [-0.05, 0) is 39.0 Å². The number of aromatic nitrogens is 3. The van der Waals surface area contributed by atoms with Crippen LogP contribution < -0.4 is 10.5 Å². The summed E-state index contributed by atoms with van der Waals surface area (Å²) in [5, 5.41) is 0.907. The summed E-state index contributed by atoms with van der Waals surface area (Å²) >= 11 is 0. The van der Waals surface area contributed by atoms with E-state index in [1.54, 1.807) is 0 Å². The van der Waals surface area contributed by atoms with E-state index in [9.17, 15) is 4.79 Å². The summed E-state index contributed by atoms with van der Waals surface area (Å²) in [4.78, 5) is 24.5. The predicted molar refractivity (Wildman–Crippen MR) is 125 cm³/mol. The maximum absolute atomic E-state index is 12.9. The van der Waals surface area contributed by atoms with Crippen LogP contribution in [0.25, 0.3) is 27.9 Å². The van der Waals surface area contributed by atoms with Gasteiger partial charge in [0.2, 0.25) is 0 Å². The van der Waals surface area contributed by atoms with Gasteiger partial charge in [0, 0.05) is 36.0 Å². The van der Waals surface area contributed by atoms with Crippen molar-refractivity contribution in [3.8, 4) is 11.3 Å². The van der Waals surface area contributed by atoms with E-state index in [-0.39, 0.29) is 5.63 Å². The fourth-order valence-electron chi connectivity index (χ4n) is 5.74. The largest absolute Gasteiger partial charge is 0.422 e. The Morgan fingerprint density at radius 3 is 2.78 bits per heavy atom. The van der Waals surface area contributed by atoms with E-state index in [4.69, 9.17) is 4.42 Å². The quantitative estimate of drug-likeness (QED) is 0.367. The molecule has 0 radical (unpaired) electrons. The van der Waals surface area contributed by atoms with Crippen LogP contribution in [0, 0.1) is 13.8 Å². The summed E-state index contributed by atoms with van der Waals surface area (Å²) in [6.07, 6.45) is 5.03. The third-order valence-corrected chi connectivity index (χ3v) is 7.68. The van der Waals surface area contributed by atoms with Crippen LogP contribution in [0.2, 0.25) is 0 Å². The van der Waals surface area contributed by atoms with E-state index < -0.39 is 0 Å². The highest BCUT2D eigenvalue weighted by atomic mass is 16.4. The lowest BCUT2D eigenvalue weighted by atomic mass is 10.1. The van der Waals surface area contributed by atoms with Gasteiger partial charge in [0.25, 0.3) is 0 Å². The second kappa shape index (κ2) is 6.65. The highest BCUT2D eigenvalue weighted by Crippen LogP contribution is 2.39. The number of likely N-dealkylation sites (tertiary alicyclic amines) is 1. The van der Waals surface area contributed by atoms with Gasteiger partial charge < -0.3 is 18.2 Å². The average Bonchev–Trinajstić information content (AvgIpc) is 3.45. The molecule has 32 heavy (non-hydrogen) atoms. The number of likely N-dealkylation sites (N-methyl/N-ethyl adjacent to an activating group) is 1. The Balaban J connectivity index is 1.37. The molecular formula is C25H28N5O2+. The lowest BCUT2D eigenvalue weighted by Crippen LogP contribution is -2.57. The number of hydrogen-bond acceptors (Lipinski definition) is 5. The first-order valence-electron chi connectivity index (χ1n) is 11.4. The molecule has 3 aromatic heterocycles. The van der Waals surface area contributed by atoms with Gasteiger partial charge in [0.05, 0.1) is 55.4 Å². The second-order valence-electron chi connectivity index (χ2n) is 9.67. The molecule has 3 atom stereocenters. The molecule has 2 fully saturated rings. The van der Waals surface area contributed by atoms with Crippen LogP contribution in [0.1, 0.15) is 24.7 Å². The van der Waals surface area contributed by atoms with Gasteiger partial charge in [-0.15, -0.1) is 0 Å². The molecule has 0 amide bonds. The Morgan fingerprint density at radius 1 is 1.19 bits per heavy atom. The molecule has 4 aromatic rings. The van der Waals surface area contributed by atoms with E-state index in [0.29, 0.717) is 28.9 Å². The minimum atomic E-state index is -0.362. The molecule has 6 rings (SSSR count). The lowest BCUT2D eigenvalue weighted by molar-refractivity contribution is -0.920. The fraction of sp³-hybridized carbons (Fsp3) is 0.400. The molecule has 0 spiro atoms. The van der Waals surface area contributed by atoms with Crippen LogP contribution in [-0.4, -0.2) is 57.6 Å². The Bertz CT molecular complexity index is 1440. The van der Waals surface area contributed by atoms with Crippen molar-refractivity contribution < 1.29 is 8.90 Å². The van der Waals surface area contributed by atoms with Crippen molar-refractivity contribution in [2.75, 3.05) is 31.6 Å². The second-order valence-corrected chi connectivity index (χ2v) is 9.67. The number of imidazole rings is 1. The van der Waals surface area contributed by atoms with Crippen LogP contribution >= 0.6 is 0 Å². The molecule has 164 valence electrons. The normalized spacial score (nSPS) is 24.8. The minimum Gasteiger partial charge on any atom is -0.422 e. The van der Waals surface area contributed by atoms with Crippen molar-refractivity contribution in [2.24, 2.45) is 0 Å². The Kier molecular flexibility index (Phi) is 4.05. The highest BCUT2D eigenvalue weighted by molar-refractivity contribution is 5.84. The number of piperazine rings is 1. The number of hydrogen-bond donors (Lipinski definition) is 0. The van der Waals surface area contributed by atoms with E-state index in [1.165, 1.54) is 24.0 Å². The van der Waals surface area contributed by atoms with Crippen molar-refractivity contribution in [1.29, 1.82) is 0 Å². The molecule has 0 N–H and O–H groups in total. The number of anilines is 1. The third kappa shape index (κ3) is 2.80. The first-order valence-corrected chi connectivity index (χ1v) is 11.4.